The van der Waals surface area contributed by atoms with E-state index in [0.29, 0.717) is 5.46 Å². The minimum Gasteiger partial charge on any atom is -0.423 e. The zero-order valence-corrected chi connectivity index (χ0v) is 47.2. The normalized spacial score (nSPS) is 11.3. The molecule has 4 aromatic heterocycles. The summed E-state index contributed by atoms with van der Waals surface area (Å²) in [6, 6.07) is 110. The van der Waals surface area contributed by atoms with Crippen molar-refractivity contribution < 1.29 is 10.0 Å². The topological polar surface area (TPSA) is 60.2 Å². The summed E-state index contributed by atoms with van der Waals surface area (Å²) in [6.45, 7) is 0. The molecule has 0 aliphatic rings. The summed E-state index contributed by atoms with van der Waals surface area (Å²) in [5.41, 5.74) is 19.3. The maximum absolute atomic E-state index is 9.30. The summed E-state index contributed by atoms with van der Waals surface area (Å²) in [4.78, 5) is 0. The van der Waals surface area contributed by atoms with Gasteiger partial charge in [0, 0.05) is 59.5 Å². The number of benzene rings is 12. The van der Waals surface area contributed by atoms with Gasteiger partial charge in [-0.25, -0.2) is 0 Å². The van der Waals surface area contributed by atoms with Crippen LogP contribution in [0.25, 0.3) is 122 Å². The number of hydrogen-bond acceptors (Lipinski definition) is 2. The van der Waals surface area contributed by atoms with E-state index in [9.17, 15) is 10.0 Å². The molecule has 6 nitrogen and oxygen atoms in total. The molecule has 8 heteroatoms. The smallest absolute Gasteiger partial charge is 0.423 e. The van der Waals surface area contributed by atoms with Crippen LogP contribution in [0.1, 0.15) is 0 Å². The molecule has 0 saturated heterocycles. The van der Waals surface area contributed by atoms with Gasteiger partial charge in [-0.3, -0.25) is 0 Å². The second-order valence-corrected chi connectivity index (χ2v) is 21.8. The molecule has 0 aliphatic heterocycles. The average molecular weight is 1150 g/mol. The van der Waals surface area contributed by atoms with Crippen molar-refractivity contribution in [1.82, 2.24) is 18.3 Å². The third-order valence-corrected chi connectivity index (χ3v) is 16.4. The average Bonchev–Trinajstić information content (AvgIpc) is 3.22. The molecule has 12 aromatic carbocycles. The highest BCUT2D eigenvalue weighted by atomic mass is 79.9. The van der Waals surface area contributed by atoms with Crippen LogP contribution in [-0.2, 0) is 0 Å². The lowest BCUT2D eigenvalue weighted by atomic mass is 9.80. The monoisotopic (exact) mass is 1140 g/mol. The van der Waals surface area contributed by atoms with Crippen LogP contribution >= 0.6 is 15.9 Å². The van der Waals surface area contributed by atoms with E-state index in [0.717, 1.165) is 32.6 Å². The molecule has 0 saturated carbocycles. The molecule has 16 rings (SSSR count). The van der Waals surface area contributed by atoms with Crippen LogP contribution in [0.15, 0.2) is 320 Å². The molecule has 0 atom stereocenters. The summed E-state index contributed by atoms with van der Waals surface area (Å²) in [5, 5.41) is 26.2. The lowest BCUT2D eigenvalue weighted by Crippen LogP contribution is -2.29. The Labute approximate surface area is 495 Å². The molecule has 16 aromatic rings. The van der Waals surface area contributed by atoms with Gasteiger partial charge in [-0.05, 0) is 137 Å². The minimum absolute atomic E-state index is 0.483. The number of aromatic nitrogens is 4. The maximum atomic E-state index is 9.30. The van der Waals surface area contributed by atoms with Gasteiger partial charge in [0.25, 0.3) is 0 Å². The Balaban J connectivity index is 0.000000121. The van der Waals surface area contributed by atoms with Crippen LogP contribution in [-0.4, -0.2) is 35.4 Å². The molecular formula is C76H54BBrN4O2. The van der Waals surface area contributed by atoms with Crippen LogP contribution in [0.3, 0.4) is 0 Å². The highest BCUT2D eigenvalue weighted by Gasteiger charge is 2.17. The Morgan fingerprint density at radius 1 is 0.250 bits per heavy atom. The zero-order valence-electron chi connectivity index (χ0n) is 45.7. The summed E-state index contributed by atoms with van der Waals surface area (Å²) in [6.07, 6.45) is 0. The highest BCUT2D eigenvalue weighted by molar-refractivity contribution is 9.10. The first-order valence-corrected chi connectivity index (χ1v) is 28.9. The van der Waals surface area contributed by atoms with Gasteiger partial charge in [0.1, 0.15) is 0 Å². The van der Waals surface area contributed by atoms with Crippen molar-refractivity contribution >= 4 is 93.9 Å². The number of para-hydroxylation sites is 6. The molecular weight excluding hydrogens is 1090 g/mol. The van der Waals surface area contributed by atoms with Gasteiger partial charge in [-0.15, -0.1) is 0 Å². The van der Waals surface area contributed by atoms with Crippen LogP contribution in [0, 0.1) is 0 Å². The van der Waals surface area contributed by atoms with Crippen LogP contribution in [0.5, 0.6) is 0 Å². The second kappa shape index (κ2) is 22.6. The van der Waals surface area contributed by atoms with E-state index >= 15 is 0 Å². The maximum Gasteiger partial charge on any atom is 0.488 e. The van der Waals surface area contributed by atoms with Crippen molar-refractivity contribution in [1.29, 1.82) is 0 Å². The molecule has 84 heavy (non-hydrogen) atoms. The Morgan fingerprint density at radius 3 is 0.893 bits per heavy atom. The fraction of sp³-hybridized carbons (Fsp3) is 0. The largest absolute Gasteiger partial charge is 0.488 e. The van der Waals surface area contributed by atoms with E-state index in [4.69, 9.17) is 0 Å². The van der Waals surface area contributed by atoms with Gasteiger partial charge in [0.05, 0.1) is 44.5 Å². The Bertz CT molecular complexity index is 4860. The molecule has 0 aliphatic carbocycles. The molecule has 400 valence electrons. The quantitative estimate of drug-likeness (QED) is 0.149. The molecule has 0 spiro atoms. The highest BCUT2D eigenvalue weighted by Crippen LogP contribution is 2.37. The first-order chi connectivity index (χ1) is 41.4. The lowest BCUT2D eigenvalue weighted by molar-refractivity contribution is 0.426. The van der Waals surface area contributed by atoms with E-state index < -0.39 is 7.12 Å². The van der Waals surface area contributed by atoms with Gasteiger partial charge >= 0.3 is 7.12 Å². The molecule has 0 fully saturated rings. The number of halogens is 1. The van der Waals surface area contributed by atoms with E-state index in [1.165, 1.54) is 93.7 Å². The van der Waals surface area contributed by atoms with Crippen LogP contribution in [0.2, 0.25) is 0 Å². The molecule has 0 amide bonds. The molecule has 0 unspecified atom stereocenters. The number of fused-ring (bicyclic) bond motifs is 8. The summed E-state index contributed by atoms with van der Waals surface area (Å²) in [5.74, 6) is 0. The first-order valence-electron chi connectivity index (χ1n) is 28.2. The van der Waals surface area contributed by atoms with Crippen molar-refractivity contribution in [3.05, 3.63) is 320 Å². The fourth-order valence-electron chi connectivity index (χ4n) is 11.9. The summed E-state index contributed by atoms with van der Waals surface area (Å²) >= 11 is 3.50. The number of nitrogens with zero attached hydrogens (tertiary/aromatic N) is 4. The van der Waals surface area contributed by atoms with Crippen molar-refractivity contribution in [3.8, 4) is 56.4 Å². The second-order valence-electron chi connectivity index (χ2n) is 20.9. The summed E-state index contributed by atoms with van der Waals surface area (Å²) in [7, 11) is -1.45. The first kappa shape index (κ1) is 51.9. The Hall–Kier alpha value is -10.2. The number of rotatable bonds is 8. The predicted octanol–water partition coefficient (Wildman–Crippen LogP) is 18.6. The van der Waals surface area contributed by atoms with Gasteiger partial charge in [0.2, 0.25) is 0 Å². The SMILES string of the molecule is Brc1ccc(-n2c3ccccc3c3ccccc32)cc1.OB(O)c1ccc(-n2c(-c3ccccc3)cc3ccccc32)cc1.c1ccc(-c2cc3ccccc3n2-c2ccc(-c3ccc(-n4c5ccccc5c5ccccc54)cc3)cc2)cc1. The van der Waals surface area contributed by atoms with E-state index in [1.807, 2.05) is 42.5 Å². The number of hydrogen-bond donors (Lipinski definition) is 2. The van der Waals surface area contributed by atoms with Gasteiger partial charge < -0.3 is 28.3 Å². The Morgan fingerprint density at radius 2 is 0.536 bits per heavy atom. The Kier molecular flexibility index (Phi) is 14.0. The molecule has 0 radical (unpaired) electrons. The molecule has 0 bridgehead atoms. The predicted molar refractivity (Wildman–Crippen MR) is 356 cm³/mol. The van der Waals surface area contributed by atoms with E-state index in [-0.39, 0.29) is 0 Å². The van der Waals surface area contributed by atoms with E-state index in [2.05, 4.69) is 295 Å². The van der Waals surface area contributed by atoms with Gasteiger partial charge in [-0.2, -0.15) is 0 Å². The van der Waals surface area contributed by atoms with Crippen molar-refractivity contribution in [2.45, 2.75) is 0 Å². The van der Waals surface area contributed by atoms with Gasteiger partial charge in [0.15, 0.2) is 0 Å². The lowest BCUT2D eigenvalue weighted by Gasteiger charge is -2.13. The van der Waals surface area contributed by atoms with Crippen molar-refractivity contribution in [2.24, 2.45) is 0 Å². The van der Waals surface area contributed by atoms with Crippen LogP contribution < -0.4 is 5.46 Å². The molecule has 4 heterocycles. The third-order valence-electron chi connectivity index (χ3n) is 15.8. The standard InChI is InChI=1S/C38H26N2.C20H16BNO2.C18H12BrN/c1-2-10-29(11-3-1)38-26-30-12-4-7-15-35(30)39(38)31-22-18-27(19-23-31)28-20-24-32(25-21-28)40-36-16-8-5-13-33(36)34-14-6-9-17-37(34)40;23-21(24)17-10-12-18(13-11-17)22-19-9-5-4-8-16(19)14-20(22)15-6-2-1-3-7-15;19-13-9-11-14(12-10-13)20-17-7-3-1-5-15(17)16-6-2-4-8-18(16)20/h1-26H;1-14,23-24H;1-12H. The van der Waals surface area contributed by atoms with Gasteiger partial charge in [-0.1, -0.05) is 222 Å². The van der Waals surface area contributed by atoms with E-state index in [1.54, 1.807) is 12.1 Å². The van der Waals surface area contributed by atoms with Crippen molar-refractivity contribution in [3.63, 3.8) is 0 Å². The fourth-order valence-corrected chi connectivity index (χ4v) is 12.2. The zero-order chi connectivity index (χ0) is 56.5. The van der Waals surface area contributed by atoms with Crippen molar-refractivity contribution in [2.75, 3.05) is 0 Å². The summed E-state index contributed by atoms with van der Waals surface area (Å²) < 4.78 is 10.3. The minimum atomic E-state index is -1.45. The van der Waals surface area contributed by atoms with Crippen LogP contribution in [0.4, 0.5) is 0 Å². The third kappa shape index (κ3) is 9.78. The molecule has 2 N–H and O–H groups in total.